The highest BCUT2D eigenvalue weighted by Crippen LogP contribution is 2.36. The molecule has 1 aromatic heterocycles. The first-order valence-electron chi connectivity index (χ1n) is 8.26. The molecule has 0 bridgehead atoms. The summed E-state index contributed by atoms with van der Waals surface area (Å²) in [4.78, 5) is 15.3. The summed E-state index contributed by atoms with van der Waals surface area (Å²) in [5, 5.41) is 18.5. The van der Waals surface area contributed by atoms with E-state index in [2.05, 4.69) is 31.1 Å². The normalized spacial score (nSPS) is 12.5. The van der Waals surface area contributed by atoms with Crippen LogP contribution in [0.25, 0.3) is 10.9 Å². The number of amides is 1. The van der Waals surface area contributed by atoms with Crippen LogP contribution in [0, 0.1) is 0 Å². The lowest BCUT2D eigenvalue weighted by Gasteiger charge is -2.14. The van der Waals surface area contributed by atoms with Crippen molar-refractivity contribution in [2.45, 2.75) is 25.9 Å². The number of ether oxygens (including phenoxy) is 1. The average Bonchev–Trinajstić information content (AvgIpc) is 2.94. The van der Waals surface area contributed by atoms with E-state index in [9.17, 15) is 9.90 Å². The molecule has 134 valence electrons. The quantitative estimate of drug-likeness (QED) is 0.521. The second-order valence-electron chi connectivity index (χ2n) is 5.76. The van der Waals surface area contributed by atoms with E-state index in [1.165, 1.54) is 0 Å². The lowest BCUT2D eigenvalue weighted by Crippen LogP contribution is -2.25. The van der Waals surface area contributed by atoms with Crippen molar-refractivity contribution in [3.8, 4) is 11.6 Å². The van der Waals surface area contributed by atoms with Gasteiger partial charge in [0.25, 0.3) is 0 Å². The van der Waals surface area contributed by atoms with Crippen LogP contribution >= 0.6 is 15.9 Å². The number of azo groups is 1. The Balaban J connectivity index is 1.83. The number of rotatable bonds is 6. The number of nitrogens with zero attached hydrogens (tertiary/aromatic N) is 2. The van der Waals surface area contributed by atoms with Gasteiger partial charge in [0, 0.05) is 9.86 Å². The van der Waals surface area contributed by atoms with Crippen LogP contribution in [0.1, 0.15) is 19.8 Å². The highest BCUT2D eigenvalue weighted by molar-refractivity contribution is 9.10. The number of aromatic hydroxyl groups is 1. The predicted molar refractivity (Wildman–Crippen MR) is 103 cm³/mol. The van der Waals surface area contributed by atoms with Crippen molar-refractivity contribution in [3.63, 3.8) is 0 Å². The number of carbonyl (C=O) groups excluding carboxylic acids is 1. The molecule has 3 rings (SSSR count). The van der Waals surface area contributed by atoms with Crippen LogP contribution in [0.4, 0.5) is 5.69 Å². The van der Waals surface area contributed by atoms with E-state index in [0.717, 1.165) is 10.9 Å². The van der Waals surface area contributed by atoms with E-state index in [4.69, 9.17) is 4.74 Å². The number of fused-ring (bicyclic) bond motifs is 1. The summed E-state index contributed by atoms with van der Waals surface area (Å²) in [6.07, 6.45) is 0.576. The molecule has 3 aromatic rings. The lowest BCUT2D eigenvalue weighted by atomic mass is 10.2. The second-order valence-corrected chi connectivity index (χ2v) is 6.67. The maximum Gasteiger partial charge on any atom is 0.305 e. The van der Waals surface area contributed by atoms with Gasteiger partial charge < -0.3 is 14.8 Å². The van der Waals surface area contributed by atoms with E-state index >= 15 is 0 Å². The van der Waals surface area contributed by atoms with Gasteiger partial charge in [-0.25, -0.2) is 0 Å². The Kier molecular flexibility index (Phi) is 5.68. The van der Waals surface area contributed by atoms with Gasteiger partial charge in [-0.1, -0.05) is 47.5 Å². The second kappa shape index (κ2) is 8.14. The summed E-state index contributed by atoms with van der Waals surface area (Å²) in [7, 11) is 0. The smallest absolute Gasteiger partial charge is 0.305 e. The zero-order chi connectivity index (χ0) is 18.5. The van der Waals surface area contributed by atoms with E-state index in [-0.39, 0.29) is 11.6 Å². The number of aromatic amines is 1. The molecule has 0 aliphatic rings. The van der Waals surface area contributed by atoms with Crippen molar-refractivity contribution >= 4 is 38.4 Å². The molecule has 0 aliphatic carbocycles. The third kappa shape index (κ3) is 4.11. The number of hydrogen-bond donors (Lipinski definition) is 2. The number of aromatic nitrogens is 1. The van der Waals surface area contributed by atoms with Crippen LogP contribution in [0.2, 0.25) is 0 Å². The van der Waals surface area contributed by atoms with Gasteiger partial charge in [0.2, 0.25) is 5.88 Å². The molecular formula is C19H18BrN3O3. The zero-order valence-electron chi connectivity index (χ0n) is 14.1. The molecule has 2 N–H and O–H groups in total. The molecule has 0 spiro atoms. The summed E-state index contributed by atoms with van der Waals surface area (Å²) in [6.45, 7) is 1.97. The minimum Gasteiger partial charge on any atom is -0.493 e. The first-order valence-corrected chi connectivity index (χ1v) is 9.05. The number of hydrogen-bond acceptors (Lipinski definition) is 4. The number of para-hydroxylation sites is 1. The van der Waals surface area contributed by atoms with Crippen LogP contribution < -0.4 is 4.74 Å². The molecule has 1 heterocycles. The van der Waals surface area contributed by atoms with Gasteiger partial charge in [-0.15, -0.1) is 10.2 Å². The van der Waals surface area contributed by atoms with Crippen LogP contribution in [-0.4, -0.2) is 22.1 Å². The monoisotopic (exact) mass is 415 g/mol. The van der Waals surface area contributed by atoms with E-state index < -0.39 is 12.0 Å². The fraction of sp³-hybridized carbons (Fsp3) is 0.211. The molecule has 6 nitrogen and oxygen atoms in total. The largest absolute Gasteiger partial charge is 0.493 e. The Morgan fingerprint density at radius 2 is 2.04 bits per heavy atom. The van der Waals surface area contributed by atoms with Crippen LogP contribution in [0.3, 0.4) is 0 Å². The van der Waals surface area contributed by atoms with Gasteiger partial charge in [0.05, 0.1) is 5.52 Å². The molecule has 7 heteroatoms. The maximum absolute atomic E-state index is 12.5. The van der Waals surface area contributed by atoms with E-state index in [1.807, 2.05) is 31.2 Å². The zero-order valence-corrected chi connectivity index (χ0v) is 15.7. The van der Waals surface area contributed by atoms with Gasteiger partial charge in [-0.05, 0) is 36.8 Å². The van der Waals surface area contributed by atoms with Crippen molar-refractivity contribution in [1.29, 1.82) is 0 Å². The molecule has 0 aliphatic heterocycles. The van der Waals surface area contributed by atoms with Gasteiger partial charge in [0.1, 0.15) is 5.75 Å². The summed E-state index contributed by atoms with van der Waals surface area (Å²) in [5.74, 6) is -0.0153. The summed E-state index contributed by atoms with van der Waals surface area (Å²) in [6, 6.07) is 14.6. The van der Waals surface area contributed by atoms with E-state index in [1.54, 1.807) is 24.3 Å². The first kappa shape index (κ1) is 18.1. The molecule has 0 fully saturated rings. The number of halogens is 1. The minimum absolute atomic E-state index is 0.134. The SMILES string of the molecule is CCCC(Oc1ccccc1)C(=O)N=Nc1c(O)[nH]c2ccc(Br)cc12. The fourth-order valence-electron chi connectivity index (χ4n) is 2.56. The van der Waals surface area contributed by atoms with Crippen LogP contribution in [0.5, 0.6) is 11.6 Å². The summed E-state index contributed by atoms with van der Waals surface area (Å²) in [5.41, 5.74) is 0.933. The molecule has 0 saturated heterocycles. The van der Waals surface area contributed by atoms with Crippen molar-refractivity contribution < 1.29 is 14.6 Å². The standard InChI is InChI=1S/C19H18BrN3O3/c1-2-6-16(26-13-7-4-3-5-8-13)18(24)23-22-17-14-11-12(20)9-10-15(14)21-19(17)25/h3-5,7-11,16,21,25H,2,6H2,1H3. The average molecular weight is 416 g/mol. The molecular weight excluding hydrogens is 398 g/mol. The number of nitrogens with one attached hydrogen (secondary N) is 1. The van der Waals surface area contributed by atoms with Crippen molar-refractivity contribution in [3.05, 3.63) is 53.0 Å². The first-order chi connectivity index (χ1) is 12.6. The molecule has 0 radical (unpaired) electrons. The Labute approximate surface area is 159 Å². The highest BCUT2D eigenvalue weighted by Gasteiger charge is 2.20. The van der Waals surface area contributed by atoms with Crippen LogP contribution in [-0.2, 0) is 4.79 Å². The number of benzene rings is 2. The highest BCUT2D eigenvalue weighted by atomic mass is 79.9. The van der Waals surface area contributed by atoms with Crippen molar-refractivity contribution in [1.82, 2.24) is 4.98 Å². The topological polar surface area (TPSA) is 87.0 Å². The lowest BCUT2D eigenvalue weighted by molar-refractivity contribution is -0.125. The Morgan fingerprint density at radius 1 is 1.27 bits per heavy atom. The molecule has 1 amide bonds. The molecule has 1 unspecified atom stereocenters. The Bertz CT molecular complexity index is 938. The fourth-order valence-corrected chi connectivity index (χ4v) is 2.92. The Morgan fingerprint density at radius 3 is 2.77 bits per heavy atom. The van der Waals surface area contributed by atoms with Crippen molar-refractivity contribution in [2.24, 2.45) is 10.2 Å². The van der Waals surface area contributed by atoms with Crippen molar-refractivity contribution in [2.75, 3.05) is 0 Å². The van der Waals surface area contributed by atoms with Gasteiger partial charge >= 0.3 is 5.91 Å². The maximum atomic E-state index is 12.5. The third-order valence-corrected chi connectivity index (χ3v) is 4.30. The Hall–Kier alpha value is -2.67. The van der Waals surface area contributed by atoms with Gasteiger partial charge in [0.15, 0.2) is 11.8 Å². The number of carbonyl (C=O) groups is 1. The number of H-pyrrole nitrogens is 1. The summed E-state index contributed by atoms with van der Waals surface area (Å²) < 4.78 is 6.58. The minimum atomic E-state index is -0.717. The van der Waals surface area contributed by atoms with Gasteiger partial charge in [-0.2, -0.15) is 0 Å². The van der Waals surface area contributed by atoms with Gasteiger partial charge in [-0.3, -0.25) is 4.79 Å². The van der Waals surface area contributed by atoms with Crippen LogP contribution in [0.15, 0.2) is 63.2 Å². The predicted octanol–water partition coefficient (Wildman–Crippen LogP) is 5.49. The molecule has 1 atom stereocenters. The van der Waals surface area contributed by atoms with E-state index in [0.29, 0.717) is 23.1 Å². The molecule has 0 saturated carbocycles. The molecule has 2 aromatic carbocycles. The molecule has 26 heavy (non-hydrogen) atoms. The third-order valence-electron chi connectivity index (χ3n) is 3.81. The summed E-state index contributed by atoms with van der Waals surface area (Å²) >= 11 is 3.38.